The quantitative estimate of drug-likeness (QED) is 0.866. The molecule has 0 spiro atoms. The minimum absolute atomic E-state index is 0.248. The van der Waals surface area contributed by atoms with Crippen LogP contribution in [0.2, 0.25) is 0 Å². The highest BCUT2D eigenvalue weighted by Crippen LogP contribution is 2.25. The Bertz CT molecular complexity index is 525. The molecular formula is C14H19N3O2. The zero-order valence-corrected chi connectivity index (χ0v) is 11.5. The maximum Gasteiger partial charge on any atom is 0.145 e. The molecule has 0 amide bonds. The van der Waals surface area contributed by atoms with Gasteiger partial charge in [-0.15, -0.1) is 0 Å². The van der Waals surface area contributed by atoms with Crippen molar-refractivity contribution in [2.24, 2.45) is 0 Å². The largest absolute Gasteiger partial charge is 0.487 e. The number of rotatable bonds is 6. The third kappa shape index (κ3) is 3.32. The van der Waals surface area contributed by atoms with Crippen molar-refractivity contribution >= 4 is 0 Å². The molecule has 5 nitrogen and oxygen atoms in total. The van der Waals surface area contributed by atoms with E-state index in [0.29, 0.717) is 6.61 Å². The van der Waals surface area contributed by atoms with Crippen molar-refractivity contribution in [1.29, 1.82) is 0 Å². The van der Waals surface area contributed by atoms with Crippen LogP contribution in [0.1, 0.15) is 36.8 Å². The first-order valence-electron chi connectivity index (χ1n) is 6.45. The molecule has 2 rings (SSSR count). The van der Waals surface area contributed by atoms with E-state index in [4.69, 9.17) is 4.74 Å². The van der Waals surface area contributed by atoms with E-state index >= 15 is 0 Å². The lowest BCUT2D eigenvalue weighted by molar-refractivity contribution is 0.267. The second-order valence-corrected chi connectivity index (χ2v) is 4.40. The highest BCUT2D eigenvalue weighted by atomic mass is 16.6. The number of benzene rings is 1. The molecule has 19 heavy (non-hydrogen) atoms. The number of aromatic nitrogens is 2. The molecule has 0 fully saturated rings. The molecule has 5 heteroatoms. The molecule has 1 N–H and O–H groups in total. The summed E-state index contributed by atoms with van der Waals surface area (Å²) >= 11 is 0. The van der Waals surface area contributed by atoms with Gasteiger partial charge in [0.15, 0.2) is 0 Å². The van der Waals surface area contributed by atoms with Crippen molar-refractivity contribution in [3.05, 3.63) is 41.2 Å². The van der Waals surface area contributed by atoms with E-state index in [-0.39, 0.29) is 6.04 Å². The van der Waals surface area contributed by atoms with Gasteiger partial charge in [-0.2, -0.15) is 0 Å². The van der Waals surface area contributed by atoms with Crippen molar-refractivity contribution in [3.63, 3.8) is 0 Å². The summed E-state index contributed by atoms with van der Waals surface area (Å²) in [5.74, 6) is 0.860. The summed E-state index contributed by atoms with van der Waals surface area (Å²) in [7, 11) is 0. The minimum Gasteiger partial charge on any atom is -0.487 e. The van der Waals surface area contributed by atoms with E-state index < -0.39 is 0 Å². The highest BCUT2D eigenvalue weighted by molar-refractivity contribution is 5.35. The number of nitrogens with zero attached hydrogens (tertiary/aromatic N) is 2. The second kappa shape index (κ2) is 6.33. The van der Waals surface area contributed by atoms with Crippen LogP contribution in [0, 0.1) is 6.92 Å². The van der Waals surface area contributed by atoms with Crippen LogP contribution in [0.25, 0.3) is 0 Å². The monoisotopic (exact) mass is 261 g/mol. The maximum atomic E-state index is 5.83. The molecular weight excluding hydrogens is 242 g/mol. The van der Waals surface area contributed by atoms with Gasteiger partial charge < -0.3 is 10.1 Å². The molecule has 0 saturated heterocycles. The van der Waals surface area contributed by atoms with Gasteiger partial charge in [-0.25, -0.2) is 4.63 Å². The Kier molecular flexibility index (Phi) is 4.52. The lowest BCUT2D eigenvalue weighted by Gasteiger charge is -2.17. The molecule has 0 aliphatic rings. The molecule has 1 aromatic heterocycles. The SMILES string of the molecule is CCNC(C)c1ccccc1OCc1nonc1C. The van der Waals surface area contributed by atoms with Gasteiger partial charge in [0.2, 0.25) is 0 Å². The van der Waals surface area contributed by atoms with Gasteiger partial charge in [-0.1, -0.05) is 35.4 Å². The van der Waals surface area contributed by atoms with Gasteiger partial charge in [-0.3, -0.25) is 0 Å². The lowest BCUT2D eigenvalue weighted by Crippen LogP contribution is -2.18. The summed E-state index contributed by atoms with van der Waals surface area (Å²) in [5, 5.41) is 10.9. The van der Waals surface area contributed by atoms with Crippen LogP contribution >= 0.6 is 0 Å². The summed E-state index contributed by atoms with van der Waals surface area (Å²) in [6.45, 7) is 7.34. The van der Waals surface area contributed by atoms with E-state index in [1.807, 2.05) is 25.1 Å². The van der Waals surface area contributed by atoms with Gasteiger partial charge in [0, 0.05) is 11.6 Å². The second-order valence-electron chi connectivity index (χ2n) is 4.40. The zero-order valence-electron chi connectivity index (χ0n) is 11.5. The smallest absolute Gasteiger partial charge is 0.145 e. The molecule has 0 aliphatic carbocycles. The summed E-state index contributed by atoms with van der Waals surface area (Å²) in [6, 6.07) is 8.25. The van der Waals surface area contributed by atoms with E-state index in [0.717, 1.165) is 29.2 Å². The standard InChI is InChI=1S/C14H19N3O2/c1-4-15-10(2)12-7-5-6-8-14(12)18-9-13-11(3)16-19-17-13/h5-8,10,15H,4,9H2,1-3H3. The fourth-order valence-electron chi connectivity index (χ4n) is 1.91. The minimum atomic E-state index is 0.248. The van der Waals surface area contributed by atoms with Crippen molar-refractivity contribution in [1.82, 2.24) is 15.6 Å². The summed E-state index contributed by atoms with van der Waals surface area (Å²) in [4.78, 5) is 0. The van der Waals surface area contributed by atoms with Crippen molar-refractivity contribution < 1.29 is 9.37 Å². The van der Waals surface area contributed by atoms with Crippen LogP contribution in [-0.2, 0) is 6.61 Å². The Morgan fingerprint density at radius 3 is 2.79 bits per heavy atom. The van der Waals surface area contributed by atoms with Gasteiger partial charge in [0.25, 0.3) is 0 Å². The molecule has 1 aromatic carbocycles. The first kappa shape index (κ1) is 13.5. The Labute approximate surface area is 112 Å². The van der Waals surface area contributed by atoms with Crippen molar-refractivity contribution in [2.75, 3.05) is 6.54 Å². The van der Waals surface area contributed by atoms with Crippen LogP contribution in [0.4, 0.5) is 0 Å². The van der Waals surface area contributed by atoms with Crippen molar-refractivity contribution in [2.45, 2.75) is 33.4 Å². The Morgan fingerprint density at radius 2 is 2.11 bits per heavy atom. The lowest BCUT2D eigenvalue weighted by atomic mass is 10.1. The molecule has 0 saturated carbocycles. The average Bonchev–Trinajstić information content (AvgIpc) is 2.82. The Hall–Kier alpha value is -1.88. The van der Waals surface area contributed by atoms with Gasteiger partial charge in [0.1, 0.15) is 23.7 Å². The summed E-state index contributed by atoms with van der Waals surface area (Å²) in [6.07, 6.45) is 0. The average molecular weight is 261 g/mol. The Morgan fingerprint density at radius 1 is 1.32 bits per heavy atom. The van der Waals surface area contributed by atoms with E-state index in [9.17, 15) is 0 Å². The fraction of sp³-hybridized carbons (Fsp3) is 0.429. The maximum absolute atomic E-state index is 5.83. The number of hydrogen-bond acceptors (Lipinski definition) is 5. The number of ether oxygens (including phenoxy) is 1. The fourth-order valence-corrected chi connectivity index (χ4v) is 1.91. The van der Waals surface area contributed by atoms with E-state index in [1.54, 1.807) is 0 Å². The van der Waals surface area contributed by atoms with Gasteiger partial charge in [0.05, 0.1) is 0 Å². The van der Waals surface area contributed by atoms with E-state index in [1.165, 1.54) is 0 Å². The number of aryl methyl sites for hydroxylation is 1. The topological polar surface area (TPSA) is 60.2 Å². The van der Waals surface area contributed by atoms with Gasteiger partial charge >= 0.3 is 0 Å². The zero-order chi connectivity index (χ0) is 13.7. The van der Waals surface area contributed by atoms with Gasteiger partial charge in [-0.05, 0) is 26.5 Å². The molecule has 0 bridgehead atoms. The normalized spacial score (nSPS) is 12.4. The molecule has 1 unspecified atom stereocenters. The highest BCUT2D eigenvalue weighted by Gasteiger charge is 2.12. The first-order valence-corrected chi connectivity index (χ1v) is 6.45. The van der Waals surface area contributed by atoms with Crippen LogP contribution < -0.4 is 10.1 Å². The molecule has 2 aromatic rings. The summed E-state index contributed by atoms with van der Waals surface area (Å²) in [5.41, 5.74) is 2.63. The molecule has 1 atom stereocenters. The predicted molar refractivity (Wildman–Crippen MR) is 71.9 cm³/mol. The molecule has 0 aliphatic heterocycles. The first-order chi connectivity index (χ1) is 9.22. The van der Waals surface area contributed by atoms with Crippen LogP contribution in [0.5, 0.6) is 5.75 Å². The Balaban J connectivity index is 2.09. The van der Waals surface area contributed by atoms with Crippen LogP contribution in [0.3, 0.4) is 0 Å². The third-order valence-electron chi connectivity index (χ3n) is 3.01. The number of nitrogens with one attached hydrogen (secondary N) is 1. The number of hydrogen-bond donors (Lipinski definition) is 1. The number of para-hydroxylation sites is 1. The predicted octanol–water partition coefficient (Wildman–Crippen LogP) is 2.63. The summed E-state index contributed by atoms with van der Waals surface area (Å²) < 4.78 is 10.5. The molecule has 1 heterocycles. The van der Waals surface area contributed by atoms with Crippen LogP contribution in [-0.4, -0.2) is 16.9 Å². The third-order valence-corrected chi connectivity index (χ3v) is 3.01. The van der Waals surface area contributed by atoms with Crippen LogP contribution in [0.15, 0.2) is 28.9 Å². The van der Waals surface area contributed by atoms with E-state index in [2.05, 4.69) is 40.2 Å². The van der Waals surface area contributed by atoms with Crippen molar-refractivity contribution in [3.8, 4) is 5.75 Å². The molecule has 0 radical (unpaired) electrons. The molecule has 102 valence electrons.